The fourth-order valence-corrected chi connectivity index (χ4v) is 3.94. The molecule has 0 saturated carbocycles. The Morgan fingerprint density at radius 1 is 0.929 bits per heavy atom. The number of aliphatic hydroxyl groups is 1. The Labute approximate surface area is 165 Å². The van der Waals surface area contributed by atoms with Crippen molar-refractivity contribution >= 4 is 0 Å². The van der Waals surface area contributed by atoms with Crippen molar-refractivity contribution in [3.05, 3.63) is 89.0 Å². The minimum absolute atomic E-state index is 0.277. The highest BCUT2D eigenvalue weighted by Gasteiger charge is 2.46. The van der Waals surface area contributed by atoms with Crippen molar-refractivity contribution in [3.63, 3.8) is 0 Å². The SMILES string of the molecule is COc1ccc(C2COc3cc(C)ccc3C2(O)c2cccc(OC)c2)cc1. The molecule has 144 valence electrons. The van der Waals surface area contributed by atoms with Gasteiger partial charge in [-0.3, -0.25) is 0 Å². The highest BCUT2D eigenvalue weighted by molar-refractivity contribution is 5.53. The molecule has 0 spiro atoms. The largest absolute Gasteiger partial charge is 0.497 e. The van der Waals surface area contributed by atoms with E-state index < -0.39 is 5.60 Å². The van der Waals surface area contributed by atoms with Gasteiger partial charge in [-0.25, -0.2) is 0 Å². The highest BCUT2D eigenvalue weighted by Crippen LogP contribution is 2.50. The Balaban J connectivity index is 1.90. The Bertz CT molecular complexity index is 980. The number of hydrogen-bond donors (Lipinski definition) is 1. The number of methoxy groups -OCH3 is 2. The van der Waals surface area contributed by atoms with Crippen molar-refractivity contribution < 1.29 is 19.3 Å². The molecule has 1 aliphatic heterocycles. The number of fused-ring (bicyclic) bond motifs is 1. The second kappa shape index (κ2) is 7.21. The van der Waals surface area contributed by atoms with Crippen molar-refractivity contribution in [1.82, 2.24) is 0 Å². The van der Waals surface area contributed by atoms with Crippen molar-refractivity contribution in [2.75, 3.05) is 20.8 Å². The lowest BCUT2D eigenvalue weighted by Crippen LogP contribution is -2.41. The standard InChI is InChI=1S/C24H24O4/c1-16-7-12-21-23(13-16)28-15-22(17-8-10-19(26-2)11-9-17)24(21,25)18-5-4-6-20(14-18)27-3/h4-14,22,25H,15H2,1-3H3. The van der Waals surface area contributed by atoms with Gasteiger partial charge < -0.3 is 19.3 Å². The molecule has 0 fully saturated rings. The molecule has 0 amide bonds. The molecule has 0 saturated heterocycles. The van der Waals surface area contributed by atoms with Crippen molar-refractivity contribution in [1.29, 1.82) is 0 Å². The summed E-state index contributed by atoms with van der Waals surface area (Å²) in [5.41, 5.74) is 2.37. The molecule has 3 aromatic rings. The average Bonchev–Trinajstić information content (AvgIpc) is 2.74. The molecule has 0 bridgehead atoms. The molecule has 1 heterocycles. The zero-order valence-corrected chi connectivity index (χ0v) is 16.3. The van der Waals surface area contributed by atoms with E-state index >= 15 is 0 Å². The first-order valence-electron chi connectivity index (χ1n) is 9.31. The second-order valence-corrected chi connectivity index (χ2v) is 7.13. The highest BCUT2D eigenvalue weighted by atomic mass is 16.5. The third-order valence-electron chi connectivity index (χ3n) is 5.49. The molecular formula is C24H24O4. The lowest BCUT2D eigenvalue weighted by molar-refractivity contribution is 0.0105. The van der Waals surface area contributed by atoms with E-state index in [0.717, 1.165) is 33.8 Å². The van der Waals surface area contributed by atoms with Crippen LogP contribution >= 0.6 is 0 Å². The van der Waals surface area contributed by atoms with Gasteiger partial charge in [0.1, 0.15) is 22.8 Å². The third kappa shape index (κ3) is 3.00. The minimum Gasteiger partial charge on any atom is -0.497 e. The van der Waals surface area contributed by atoms with Gasteiger partial charge in [0.2, 0.25) is 0 Å². The van der Waals surface area contributed by atoms with E-state index in [2.05, 4.69) is 0 Å². The van der Waals surface area contributed by atoms with Crippen LogP contribution in [0, 0.1) is 6.92 Å². The average molecular weight is 376 g/mol. The van der Waals surface area contributed by atoms with Gasteiger partial charge in [-0.2, -0.15) is 0 Å². The maximum atomic E-state index is 12.2. The van der Waals surface area contributed by atoms with Crippen LogP contribution in [0.2, 0.25) is 0 Å². The van der Waals surface area contributed by atoms with Crippen LogP contribution in [0.1, 0.15) is 28.2 Å². The first kappa shape index (κ1) is 18.4. The predicted molar refractivity (Wildman–Crippen MR) is 108 cm³/mol. The Morgan fingerprint density at radius 2 is 1.68 bits per heavy atom. The van der Waals surface area contributed by atoms with Crippen molar-refractivity contribution in [2.24, 2.45) is 0 Å². The summed E-state index contributed by atoms with van der Waals surface area (Å²) in [5.74, 6) is 1.93. The van der Waals surface area contributed by atoms with Crippen LogP contribution in [0.15, 0.2) is 66.7 Å². The van der Waals surface area contributed by atoms with Gasteiger partial charge in [-0.05, 0) is 53.9 Å². The Morgan fingerprint density at radius 3 is 2.39 bits per heavy atom. The van der Waals surface area contributed by atoms with Gasteiger partial charge in [-0.1, -0.05) is 36.4 Å². The minimum atomic E-state index is -1.25. The molecular weight excluding hydrogens is 352 g/mol. The van der Waals surface area contributed by atoms with Gasteiger partial charge >= 0.3 is 0 Å². The van der Waals surface area contributed by atoms with Crippen LogP contribution < -0.4 is 14.2 Å². The lowest BCUT2D eigenvalue weighted by atomic mass is 9.71. The maximum absolute atomic E-state index is 12.2. The summed E-state index contributed by atoms with van der Waals surface area (Å²) in [7, 11) is 3.27. The van der Waals surface area contributed by atoms with Crippen LogP contribution in [0.3, 0.4) is 0 Å². The van der Waals surface area contributed by atoms with Crippen molar-refractivity contribution in [3.8, 4) is 17.2 Å². The summed E-state index contributed by atoms with van der Waals surface area (Å²) in [6.45, 7) is 2.39. The summed E-state index contributed by atoms with van der Waals surface area (Å²) in [6.07, 6.45) is 0. The quantitative estimate of drug-likeness (QED) is 0.732. The molecule has 2 unspecified atom stereocenters. The van der Waals surface area contributed by atoms with E-state index in [1.165, 1.54) is 0 Å². The predicted octanol–water partition coefficient (Wildman–Crippen LogP) is 4.42. The van der Waals surface area contributed by atoms with E-state index in [1.807, 2.05) is 73.7 Å². The van der Waals surface area contributed by atoms with Gasteiger partial charge in [0, 0.05) is 5.56 Å². The lowest BCUT2D eigenvalue weighted by Gasteiger charge is -2.42. The summed E-state index contributed by atoms with van der Waals surface area (Å²) in [6, 6.07) is 21.3. The molecule has 28 heavy (non-hydrogen) atoms. The Kier molecular flexibility index (Phi) is 4.73. The van der Waals surface area contributed by atoms with Gasteiger partial charge in [0.05, 0.1) is 26.7 Å². The topological polar surface area (TPSA) is 47.9 Å². The summed E-state index contributed by atoms with van der Waals surface area (Å²) in [4.78, 5) is 0. The summed E-state index contributed by atoms with van der Waals surface area (Å²) >= 11 is 0. The number of benzene rings is 3. The van der Waals surface area contributed by atoms with Crippen molar-refractivity contribution in [2.45, 2.75) is 18.4 Å². The molecule has 0 aromatic heterocycles. The van der Waals surface area contributed by atoms with E-state index in [1.54, 1.807) is 14.2 Å². The third-order valence-corrected chi connectivity index (χ3v) is 5.49. The molecule has 2 atom stereocenters. The molecule has 0 aliphatic carbocycles. The zero-order valence-electron chi connectivity index (χ0n) is 16.3. The molecule has 0 radical (unpaired) electrons. The van der Waals surface area contributed by atoms with Gasteiger partial charge in [0.15, 0.2) is 0 Å². The maximum Gasteiger partial charge on any atom is 0.128 e. The first-order valence-corrected chi connectivity index (χ1v) is 9.31. The second-order valence-electron chi connectivity index (χ2n) is 7.13. The molecule has 4 rings (SSSR count). The number of hydrogen-bond acceptors (Lipinski definition) is 4. The van der Waals surface area contributed by atoms with E-state index in [4.69, 9.17) is 14.2 Å². The van der Waals surface area contributed by atoms with E-state index in [9.17, 15) is 5.11 Å². The fraction of sp³-hybridized carbons (Fsp3) is 0.250. The molecule has 4 nitrogen and oxygen atoms in total. The van der Waals surface area contributed by atoms with Crippen LogP contribution in [-0.4, -0.2) is 25.9 Å². The van der Waals surface area contributed by atoms with E-state index in [0.29, 0.717) is 12.4 Å². The fourth-order valence-electron chi connectivity index (χ4n) is 3.94. The molecule has 1 aliphatic rings. The molecule has 3 aromatic carbocycles. The molecule has 1 N–H and O–H groups in total. The normalized spacial score (nSPS) is 20.8. The smallest absolute Gasteiger partial charge is 0.128 e. The Hall–Kier alpha value is -2.98. The van der Waals surface area contributed by atoms with Crippen LogP contribution in [0.25, 0.3) is 0 Å². The van der Waals surface area contributed by atoms with Gasteiger partial charge in [0.25, 0.3) is 0 Å². The van der Waals surface area contributed by atoms with Crippen LogP contribution in [-0.2, 0) is 5.60 Å². The summed E-state index contributed by atoms with van der Waals surface area (Å²) < 4.78 is 16.8. The number of rotatable bonds is 4. The number of aryl methyl sites for hydroxylation is 1. The monoisotopic (exact) mass is 376 g/mol. The van der Waals surface area contributed by atoms with Gasteiger partial charge in [-0.15, -0.1) is 0 Å². The zero-order chi connectivity index (χ0) is 19.7. The summed E-state index contributed by atoms with van der Waals surface area (Å²) in [5, 5.41) is 12.2. The number of ether oxygens (including phenoxy) is 3. The van der Waals surface area contributed by atoms with E-state index in [-0.39, 0.29) is 5.92 Å². The first-order chi connectivity index (χ1) is 13.6. The van der Waals surface area contributed by atoms with Crippen LogP contribution in [0.4, 0.5) is 0 Å². The van der Waals surface area contributed by atoms with Crippen LogP contribution in [0.5, 0.6) is 17.2 Å². The molecule has 4 heteroatoms.